The maximum Gasteiger partial charge on any atom is 0.282 e. The minimum atomic E-state index is -3.51. The highest BCUT2D eigenvalue weighted by Gasteiger charge is 2.38. The molecule has 0 bridgehead atoms. The summed E-state index contributed by atoms with van der Waals surface area (Å²) in [5.74, 6) is -0.123. The van der Waals surface area contributed by atoms with Crippen LogP contribution in [0.15, 0.2) is 30.3 Å². The van der Waals surface area contributed by atoms with Gasteiger partial charge >= 0.3 is 0 Å². The fourth-order valence-corrected chi connectivity index (χ4v) is 5.82. The van der Waals surface area contributed by atoms with E-state index in [0.717, 1.165) is 18.4 Å². The normalized spacial score (nSPS) is 19.9. The van der Waals surface area contributed by atoms with Gasteiger partial charge in [-0.25, -0.2) is 0 Å². The van der Waals surface area contributed by atoms with Gasteiger partial charge in [-0.15, -0.1) is 0 Å². The molecule has 9 heteroatoms. The zero-order valence-corrected chi connectivity index (χ0v) is 18.7. The fourth-order valence-electron chi connectivity index (χ4n) is 4.22. The summed E-state index contributed by atoms with van der Waals surface area (Å²) in [5.41, 5.74) is 0.802. The molecule has 8 nitrogen and oxygen atoms in total. The third-order valence-corrected chi connectivity index (χ3v) is 8.12. The summed E-state index contributed by atoms with van der Waals surface area (Å²) in [6.45, 7) is 6.23. The summed E-state index contributed by atoms with van der Waals surface area (Å²) in [4.78, 5) is 29.5. The Kier molecular flexibility index (Phi) is 7.49. The minimum absolute atomic E-state index is 0.00574. The van der Waals surface area contributed by atoms with Crippen molar-refractivity contribution < 1.29 is 18.0 Å². The van der Waals surface area contributed by atoms with Gasteiger partial charge in [0.1, 0.15) is 6.04 Å². The predicted octanol–water partition coefficient (Wildman–Crippen LogP) is 1.47. The van der Waals surface area contributed by atoms with E-state index in [4.69, 9.17) is 0 Å². The molecular formula is C21H32N4O4S. The molecule has 2 fully saturated rings. The highest BCUT2D eigenvalue weighted by Crippen LogP contribution is 2.28. The number of piperidine rings is 1. The molecule has 0 N–H and O–H groups in total. The summed E-state index contributed by atoms with van der Waals surface area (Å²) >= 11 is 0. The van der Waals surface area contributed by atoms with E-state index < -0.39 is 16.3 Å². The Balaban J connectivity index is 1.76. The number of rotatable bonds is 7. The zero-order chi connectivity index (χ0) is 21.7. The van der Waals surface area contributed by atoms with Crippen LogP contribution in [-0.2, 0) is 19.8 Å². The number of nitrogens with zero attached hydrogens (tertiary/aromatic N) is 4. The molecule has 3 rings (SSSR count). The maximum atomic E-state index is 13.5. The molecular weight excluding hydrogens is 404 g/mol. The van der Waals surface area contributed by atoms with Crippen LogP contribution in [0.4, 0.5) is 0 Å². The van der Waals surface area contributed by atoms with Gasteiger partial charge in [0, 0.05) is 52.2 Å². The molecule has 166 valence electrons. The number of carbonyl (C=O) groups is 2. The van der Waals surface area contributed by atoms with Gasteiger partial charge in [-0.05, 0) is 18.4 Å². The van der Waals surface area contributed by atoms with Gasteiger partial charge in [-0.3, -0.25) is 9.59 Å². The van der Waals surface area contributed by atoms with Crippen LogP contribution < -0.4 is 0 Å². The molecule has 2 saturated heterocycles. The molecule has 2 aliphatic rings. The molecule has 0 saturated carbocycles. The number of hydrogen-bond donors (Lipinski definition) is 0. The molecule has 1 atom stereocenters. The number of hydrogen-bond acceptors (Lipinski definition) is 4. The van der Waals surface area contributed by atoms with Crippen LogP contribution in [0.3, 0.4) is 0 Å². The summed E-state index contributed by atoms with van der Waals surface area (Å²) < 4.78 is 28.4. The Morgan fingerprint density at radius 3 is 2.20 bits per heavy atom. The highest BCUT2D eigenvalue weighted by atomic mass is 32.2. The molecule has 30 heavy (non-hydrogen) atoms. The van der Waals surface area contributed by atoms with Crippen LogP contribution in [0.2, 0.25) is 0 Å². The molecule has 0 aromatic heterocycles. The smallest absolute Gasteiger partial charge is 0.282 e. The lowest BCUT2D eigenvalue weighted by atomic mass is 9.99. The van der Waals surface area contributed by atoms with E-state index in [0.29, 0.717) is 39.1 Å². The first-order chi connectivity index (χ1) is 14.4. The van der Waals surface area contributed by atoms with Gasteiger partial charge in [0.15, 0.2) is 0 Å². The predicted molar refractivity (Wildman–Crippen MR) is 115 cm³/mol. The monoisotopic (exact) mass is 436 g/mol. The van der Waals surface area contributed by atoms with Crippen molar-refractivity contribution in [1.82, 2.24) is 18.4 Å². The number of piperazine rings is 1. The van der Waals surface area contributed by atoms with Gasteiger partial charge in [0.25, 0.3) is 10.2 Å². The SMILES string of the molecule is CCN(CC)S(=O)(=O)N1CCN(C(=O)C(c2ccccc2)N2CCCCC2=O)CC1. The number of amides is 2. The Hall–Kier alpha value is -1.97. The number of carbonyl (C=O) groups excluding carboxylic acids is 2. The van der Waals surface area contributed by atoms with Crippen molar-refractivity contribution in [2.75, 3.05) is 45.8 Å². The summed E-state index contributed by atoms with van der Waals surface area (Å²) in [6.07, 6.45) is 2.21. The van der Waals surface area contributed by atoms with E-state index in [-0.39, 0.29) is 24.9 Å². The van der Waals surface area contributed by atoms with Crippen molar-refractivity contribution in [3.8, 4) is 0 Å². The maximum absolute atomic E-state index is 13.5. The third-order valence-electron chi connectivity index (χ3n) is 5.93. The van der Waals surface area contributed by atoms with Crippen molar-refractivity contribution in [1.29, 1.82) is 0 Å². The first-order valence-corrected chi connectivity index (χ1v) is 12.2. The zero-order valence-electron chi connectivity index (χ0n) is 17.9. The largest absolute Gasteiger partial charge is 0.338 e. The van der Waals surface area contributed by atoms with E-state index in [9.17, 15) is 18.0 Å². The van der Waals surface area contributed by atoms with Crippen molar-refractivity contribution in [3.05, 3.63) is 35.9 Å². The van der Waals surface area contributed by atoms with Gasteiger partial charge in [-0.2, -0.15) is 17.0 Å². The summed E-state index contributed by atoms with van der Waals surface area (Å²) in [7, 11) is -3.51. The second-order valence-corrected chi connectivity index (χ2v) is 9.60. The molecule has 2 aliphatic heterocycles. The molecule has 2 heterocycles. The van der Waals surface area contributed by atoms with Crippen LogP contribution in [0, 0.1) is 0 Å². The molecule has 1 aromatic rings. The first kappa shape index (κ1) is 22.7. The second kappa shape index (κ2) is 9.89. The quantitative estimate of drug-likeness (QED) is 0.648. The van der Waals surface area contributed by atoms with Gasteiger partial charge < -0.3 is 9.80 Å². The highest BCUT2D eigenvalue weighted by molar-refractivity contribution is 7.86. The molecule has 0 aliphatic carbocycles. The minimum Gasteiger partial charge on any atom is -0.338 e. The topological polar surface area (TPSA) is 81.2 Å². The Morgan fingerprint density at radius 1 is 1.00 bits per heavy atom. The van der Waals surface area contributed by atoms with Gasteiger partial charge in [0.05, 0.1) is 0 Å². The van der Waals surface area contributed by atoms with Crippen molar-refractivity contribution in [2.24, 2.45) is 0 Å². The molecule has 0 radical (unpaired) electrons. The van der Waals surface area contributed by atoms with Crippen LogP contribution in [0.5, 0.6) is 0 Å². The van der Waals surface area contributed by atoms with Crippen LogP contribution in [-0.4, -0.2) is 84.5 Å². The molecule has 1 aromatic carbocycles. The Morgan fingerprint density at radius 2 is 1.63 bits per heavy atom. The first-order valence-electron chi connectivity index (χ1n) is 10.8. The number of likely N-dealkylation sites (tertiary alicyclic amines) is 1. The van der Waals surface area contributed by atoms with Gasteiger partial charge in [-0.1, -0.05) is 44.2 Å². The van der Waals surface area contributed by atoms with E-state index in [2.05, 4.69) is 0 Å². The Labute approximate surface area is 179 Å². The average Bonchev–Trinajstić information content (AvgIpc) is 2.76. The molecule has 0 spiro atoms. The lowest BCUT2D eigenvalue weighted by Crippen LogP contribution is -2.56. The summed E-state index contributed by atoms with van der Waals surface area (Å²) in [5, 5.41) is 0. The fraction of sp³-hybridized carbons (Fsp3) is 0.619. The Bertz CT molecular complexity index is 834. The lowest BCUT2D eigenvalue weighted by Gasteiger charge is -2.40. The van der Waals surface area contributed by atoms with Gasteiger partial charge in [0.2, 0.25) is 11.8 Å². The van der Waals surface area contributed by atoms with Crippen molar-refractivity contribution in [3.63, 3.8) is 0 Å². The molecule has 1 unspecified atom stereocenters. The molecule has 2 amide bonds. The third kappa shape index (κ3) is 4.68. The van der Waals surface area contributed by atoms with E-state index in [1.165, 1.54) is 8.61 Å². The second-order valence-electron chi connectivity index (χ2n) is 7.67. The van der Waals surface area contributed by atoms with E-state index >= 15 is 0 Å². The van der Waals surface area contributed by atoms with E-state index in [1.807, 2.05) is 44.2 Å². The standard InChI is InChI=1S/C21H32N4O4S/c1-3-23(4-2)30(28,29)24-16-14-22(15-17-24)21(27)20(18-10-6-5-7-11-18)25-13-9-8-12-19(25)26/h5-7,10-11,20H,3-4,8-9,12-17H2,1-2H3. The summed E-state index contributed by atoms with van der Waals surface area (Å²) in [6, 6.07) is 8.75. The van der Waals surface area contributed by atoms with Crippen LogP contribution in [0.25, 0.3) is 0 Å². The van der Waals surface area contributed by atoms with Crippen LogP contribution in [0.1, 0.15) is 44.7 Å². The lowest BCUT2D eigenvalue weighted by molar-refractivity contribution is -0.148. The van der Waals surface area contributed by atoms with Crippen LogP contribution >= 0.6 is 0 Å². The number of benzene rings is 1. The van der Waals surface area contributed by atoms with Crippen molar-refractivity contribution in [2.45, 2.75) is 39.2 Å². The van der Waals surface area contributed by atoms with Crippen molar-refractivity contribution >= 4 is 22.0 Å². The average molecular weight is 437 g/mol. The van der Waals surface area contributed by atoms with E-state index in [1.54, 1.807) is 9.80 Å².